The van der Waals surface area contributed by atoms with Gasteiger partial charge in [-0.2, -0.15) is 5.10 Å². The van der Waals surface area contributed by atoms with Crippen LogP contribution >= 0.6 is 0 Å². The highest BCUT2D eigenvalue weighted by atomic mass is 16.5. The predicted octanol–water partition coefficient (Wildman–Crippen LogP) is 3.14. The maximum atomic E-state index is 12.0. The molecule has 6 nitrogen and oxygen atoms in total. The number of hydrogen-bond acceptors (Lipinski definition) is 5. The molecule has 1 aliphatic rings. The van der Waals surface area contributed by atoms with E-state index < -0.39 is 0 Å². The smallest absolute Gasteiger partial charge is 0.271 e. The lowest BCUT2D eigenvalue weighted by Crippen LogP contribution is -2.46. The average Bonchev–Trinajstić information content (AvgIpc) is 2.73. The van der Waals surface area contributed by atoms with Crippen molar-refractivity contribution in [1.82, 2.24) is 10.3 Å². The highest BCUT2D eigenvalue weighted by Crippen LogP contribution is 2.28. The number of benzene rings is 2. The molecular weight excluding hydrogens is 352 g/mol. The Bertz CT molecular complexity index is 821. The first-order valence-electron chi connectivity index (χ1n) is 9.57. The summed E-state index contributed by atoms with van der Waals surface area (Å²) in [5, 5.41) is 3.96. The van der Waals surface area contributed by atoms with Crippen molar-refractivity contribution in [3.8, 4) is 5.75 Å². The summed E-state index contributed by atoms with van der Waals surface area (Å²) in [7, 11) is 1.72. The van der Waals surface area contributed by atoms with Crippen LogP contribution in [0, 0.1) is 0 Å². The minimum atomic E-state index is -0.182. The monoisotopic (exact) mass is 380 g/mol. The zero-order chi connectivity index (χ0) is 19.9. The molecule has 3 rings (SSSR count). The number of hydrogen-bond donors (Lipinski definition) is 1. The van der Waals surface area contributed by atoms with Gasteiger partial charge in [0.25, 0.3) is 5.91 Å². The van der Waals surface area contributed by atoms with Crippen LogP contribution in [-0.4, -0.2) is 49.8 Å². The van der Waals surface area contributed by atoms with E-state index in [1.807, 2.05) is 50.2 Å². The molecule has 1 fully saturated rings. The molecule has 0 spiro atoms. The van der Waals surface area contributed by atoms with Gasteiger partial charge in [0.2, 0.25) is 0 Å². The first kappa shape index (κ1) is 19.9. The number of carbonyl (C=O) groups excluding carboxylic acids is 1. The highest BCUT2D eigenvalue weighted by Gasteiger charge is 2.19. The molecule has 0 atom stereocenters. The largest absolute Gasteiger partial charge is 0.495 e. The molecule has 1 N–H and O–H groups in total. The van der Waals surface area contributed by atoms with Crippen molar-refractivity contribution in [1.29, 1.82) is 0 Å². The lowest BCUT2D eigenvalue weighted by atomic mass is 10.1. The number of para-hydroxylation sites is 2. The Kier molecular flexibility index (Phi) is 6.66. The average molecular weight is 380 g/mol. The number of carbonyl (C=O) groups is 1. The lowest BCUT2D eigenvalue weighted by molar-refractivity contribution is 0.0954. The van der Waals surface area contributed by atoms with Gasteiger partial charge >= 0.3 is 0 Å². The topological polar surface area (TPSA) is 57.2 Å². The molecule has 0 aliphatic carbocycles. The normalized spacial score (nSPS) is 14.5. The van der Waals surface area contributed by atoms with Gasteiger partial charge in [-0.1, -0.05) is 24.3 Å². The molecule has 0 bridgehead atoms. The fraction of sp³-hybridized carbons (Fsp3) is 0.364. The van der Waals surface area contributed by atoms with E-state index in [2.05, 4.69) is 32.5 Å². The van der Waals surface area contributed by atoms with Crippen molar-refractivity contribution in [2.45, 2.75) is 20.4 Å². The fourth-order valence-corrected chi connectivity index (χ4v) is 3.28. The Morgan fingerprint density at radius 1 is 1.04 bits per heavy atom. The Morgan fingerprint density at radius 2 is 1.71 bits per heavy atom. The number of anilines is 1. The van der Waals surface area contributed by atoms with E-state index >= 15 is 0 Å². The number of amides is 1. The summed E-state index contributed by atoms with van der Waals surface area (Å²) in [4.78, 5) is 16.8. The second-order valence-corrected chi connectivity index (χ2v) is 7.13. The molecule has 2 aromatic rings. The molecule has 0 unspecified atom stereocenters. The number of nitrogens with zero attached hydrogens (tertiary/aromatic N) is 3. The quantitative estimate of drug-likeness (QED) is 0.618. The second kappa shape index (κ2) is 9.37. The number of methoxy groups -OCH3 is 1. The third-order valence-electron chi connectivity index (χ3n) is 4.80. The summed E-state index contributed by atoms with van der Waals surface area (Å²) in [5.74, 6) is 0.741. The molecule has 1 heterocycles. The van der Waals surface area contributed by atoms with Crippen LogP contribution in [0.3, 0.4) is 0 Å². The number of ether oxygens (including phenoxy) is 1. The molecule has 2 aromatic carbocycles. The number of nitrogens with one attached hydrogen (secondary N) is 1. The van der Waals surface area contributed by atoms with Gasteiger partial charge in [0.1, 0.15) is 5.75 Å². The van der Waals surface area contributed by atoms with Crippen LogP contribution in [-0.2, 0) is 6.54 Å². The molecule has 0 aromatic heterocycles. The summed E-state index contributed by atoms with van der Waals surface area (Å²) < 4.78 is 5.49. The summed E-state index contributed by atoms with van der Waals surface area (Å²) >= 11 is 0. The molecular formula is C22H28N4O2. The van der Waals surface area contributed by atoms with Crippen LogP contribution in [0.5, 0.6) is 5.75 Å². The van der Waals surface area contributed by atoms with E-state index in [0.717, 1.165) is 49.9 Å². The number of piperazine rings is 1. The van der Waals surface area contributed by atoms with Crippen LogP contribution in [0.4, 0.5) is 5.69 Å². The van der Waals surface area contributed by atoms with Crippen molar-refractivity contribution >= 4 is 17.3 Å². The van der Waals surface area contributed by atoms with Crippen molar-refractivity contribution in [3.63, 3.8) is 0 Å². The highest BCUT2D eigenvalue weighted by molar-refractivity contribution is 5.95. The molecule has 6 heteroatoms. The van der Waals surface area contributed by atoms with Gasteiger partial charge in [0, 0.05) is 44.0 Å². The van der Waals surface area contributed by atoms with Gasteiger partial charge in [-0.05, 0) is 43.7 Å². The minimum absolute atomic E-state index is 0.182. The van der Waals surface area contributed by atoms with Gasteiger partial charge in [-0.15, -0.1) is 0 Å². The van der Waals surface area contributed by atoms with Gasteiger partial charge < -0.3 is 9.64 Å². The lowest BCUT2D eigenvalue weighted by Gasteiger charge is -2.36. The van der Waals surface area contributed by atoms with Gasteiger partial charge in [-0.25, -0.2) is 5.43 Å². The van der Waals surface area contributed by atoms with Crippen molar-refractivity contribution in [3.05, 3.63) is 59.7 Å². The summed E-state index contributed by atoms with van der Waals surface area (Å²) in [5.41, 5.74) is 6.35. The third-order valence-corrected chi connectivity index (χ3v) is 4.80. The van der Waals surface area contributed by atoms with E-state index in [-0.39, 0.29) is 5.91 Å². The molecule has 0 radical (unpaired) electrons. The van der Waals surface area contributed by atoms with Gasteiger partial charge in [-0.3, -0.25) is 9.69 Å². The van der Waals surface area contributed by atoms with Crippen molar-refractivity contribution < 1.29 is 9.53 Å². The Labute approximate surface area is 166 Å². The summed E-state index contributed by atoms with van der Waals surface area (Å²) in [6.07, 6.45) is 0. The molecule has 1 aliphatic heterocycles. The van der Waals surface area contributed by atoms with Crippen LogP contribution < -0.4 is 15.1 Å². The summed E-state index contributed by atoms with van der Waals surface area (Å²) in [6, 6.07) is 15.9. The molecule has 1 saturated heterocycles. The third kappa shape index (κ3) is 5.10. The van der Waals surface area contributed by atoms with E-state index in [1.165, 1.54) is 5.56 Å². The van der Waals surface area contributed by atoms with Gasteiger partial charge in [0.05, 0.1) is 12.8 Å². The summed E-state index contributed by atoms with van der Waals surface area (Å²) in [6.45, 7) is 8.49. The van der Waals surface area contributed by atoms with E-state index in [1.54, 1.807) is 7.11 Å². The molecule has 0 saturated carbocycles. The fourth-order valence-electron chi connectivity index (χ4n) is 3.28. The first-order chi connectivity index (χ1) is 13.6. The second-order valence-electron chi connectivity index (χ2n) is 7.13. The molecule has 1 amide bonds. The standard InChI is InChI=1S/C22H28N4O2/c1-17(2)23-24-22(27)19-10-8-18(9-11-19)16-25-12-14-26(15-13-25)20-6-4-5-7-21(20)28-3/h4-11H,12-16H2,1-3H3,(H,24,27). The zero-order valence-corrected chi connectivity index (χ0v) is 16.8. The first-order valence-corrected chi connectivity index (χ1v) is 9.57. The van der Waals surface area contributed by atoms with Crippen LogP contribution in [0.1, 0.15) is 29.8 Å². The maximum Gasteiger partial charge on any atom is 0.271 e. The number of hydrazone groups is 1. The van der Waals surface area contributed by atoms with E-state index in [0.29, 0.717) is 5.56 Å². The Hall–Kier alpha value is -2.86. The number of rotatable bonds is 6. The Balaban J connectivity index is 1.53. The predicted molar refractivity (Wildman–Crippen MR) is 113 cm³/mol. The molecule has 148 valence electrons. The van der Waals surface area contributed by atoms with E-state index in [9.17, 15) is 4.79 Å². The van der Waals surface area contributed by atoms with E-state index in [4.69, 9.17) is 4.74 Å². The maximum absolute atomic E-state index is 12.0. The van der Waals surface area contributed by atoms with Crippen LogP contribution in [0.2, 0.25) is 0 Å². The van der Waals surface area contributed by atoms with Crippen LogP contribution in [0.15, 0.2) is 53.6 Å². The SMILES string of the molecule is COc1ccccc1N1CCN(Cc2ccc(C(=O)NN=C(C)C)cc2)CC1. The van der Waals surface area contributed by atoms with Crippen molar-refractivity contribution in [2.24, 2.45) is 5.10 Å². The minimum Gasteiger partial charge on any atom is -0.495 e. The molecule has 28 heavy (non-hydrogen) atoms. The Morgan fingerprint density at radius 3 is 2.36 bits per heavy atom. The van der Waals surface area contributed by atoms with Crippen LogP contribution in [0.25, 0.3) is 0 Å². The van der Waals surface area contributed by atoms with Gasteiger partial charge in [0.15, 0.2) is 0 Å². The van der Waals surface area contributed by atoms with Crippen molar-refractivity contribution in [2.75, 3.05) is 38.2 Å². The zero-order valence-electron chi connectivity index (χ0n) is 16.8.